The average molecular weight is 377 g/mol. The van der Waals surface area contributed by atoms with E-state index < -0.39 is 5.63 Å². The van der Waals surface area contributed by atoms with E-state index >= 15 is 0 Å². The SMILES string of the molecule is O=C(c1ccc(Cl)cc1)c1cc2c(=O)oc3ccccc3c2n2nnnc12. The molecular formula is C19H9ClN4O3. The lowest BCUT2D eigenvalue weighted by atomic mass is 10.0. The lowest BCUT2D eigenvalue weighted by Crippen LogP contribution is -2.10. The van der Waals surface area contributed by atoms with E-state index in [9.17, 15) is 9.59 Å². The van der Waals surface area contributed by atoms with E-state index in [4.69, 9.17) is 16.0 Å². The van der Waals surface area contributed by atoms with Crippen LogP contribution in [0, 0.1) is 0 Å². The zero-order valence-corrected chi connectivity index (χ0v) is 14.3. The van der Waals surface area contributed by atoms with Gasteiger partial charge in [-0.2, -0.15) is 4.52 Å². The van der Waals surface area contributed by atoms with Gasteiger partial charge in [0.2, 0.25) is 0 Å². The van der Waals surface area contributed by atoms with Crippen LogP contribution in [-0.4, -0.2) is 25.8 Å². The number of hydrogen-bond acceptors (Lipinski definition) is 6. The molecule has 0 saturated carbocycles. The van der Waals surface area contributed by atoms with E-state index in [2.05, 4.69) is 15.5 Å². The predicted molar refractivity (Wildman–Crippen MR) is 99.2 cm³/mol. The van der Waals surface area contributed by atoms with Crippen molar-refractivity contribution in [3.05, 3.63) is 81.2 Å². The van der Waals surface area contributed by atoms with Crippen molar-refractivity contribution in [2.75, 3.05) is 0 Å². The summed E-state index contributed by atoms with van der Waals surface area (Å²) in [6, 6.07) is 15.0. The summed E-state index contributed by atoms with van der Waals surface area (Å²) < 4.78 is 6.79. The lowest BCUT2D eigenvalue weighted by molar-refractivity contribution is 0.104. The number of pyridine rings is 1. The van der Waals surface area contributed by atoms with Crippen LogP contribution < -0.4 is 5.63 Å². The number of ketones is 1. The standard InChI is InChI=1S/C19H9ClN4O3/c20-11-7-5-10(6-8-11)17(25)14-9-13-16(24-18(14)21-22-23-24)12-3-1-2-4-15(12)27-19(13)26/h1-9H. The van der Waals surface area contributed by atoms with Crippen LogP contribution >= 0.6 is 11.6 Å². The van der Waals surface area contributed by atoms with Crippen LogP contribution in [0.25, 0.3) is 27.5 Å². The highest BCUT2D eigenvalue weighted by Gasteiger charge is 2.21. The van der Waals surface area contributed by atoms with Crippen molar-refractivity contribution in [2.45, 2.75) is 0 Å². The third-order valence-electron chi connectivity index (χ3n) is 4.38. The molecule has 0 N–H and O–H groups in total. The van der Waals surface area contributed by atoms with Gasteiger partial charge in [-0.1, -0.05) is 23.7 Å². The van der Waals surface area contributed by atoms with Crippen LogP contribution in [0.1, 0.15) is 15.9 Å². The molecule has 0 saturated heterocycles. The molecule has 5 aromatic rings. The number of hydrogen-bond donors (Lipinski definition) is 0. The molecule has 0 aliphatic heterocycles. The monoisotopic (exact) mass is 376 g/mol. The fourth-order valence-electron chi connectivity index (χ4n) is 3.14. The van der Waals surface area contributed by atoms with Gasteiger partial charge in [0, 0.05) is 16.0 Å². The predicted octanol–water partition coefficient (Wildman–Crippen LogP) is 3.27. The average Bonchev–Trinajstić information content (AvgIpc) is 3.17. The smallest absolute Gasteiger partial charge is 0.345 e. The van der Waals surface area contributed by atoms with E-state index in [1.165, 1.54) is 10.6 Å². The molecule has 130 valence electrons. The number of aromatic nitrogens is 4. The lowest BCUT2D eigenvalue weighted by Gasteiger charge is -2.07. The number of tetrazole rings is 1. The zero-order valence-electron chi connectivity index (χ0n) is 13.6. The molecule has 5 rings (SSSR count). The van der Waals surface area contributed by atoms with Gasteiger partial charge in [-0.05, 0) is 52.9 Å². The Labute approximate surface area is 155 Å². The molecule has 0 unspecified atom stereocenters. The highest BCUT2D eigenvalue weighted by Crippen LogP contribution is 2.26. The van der Waals surface area contributed by atoms with Gasteiger partial charge in [0.1, 0.15) is 5.58 Å². The molecule has 8 heteroatoms. The number of nitrogens with zero attached hydrogens (tertiary/aromatic N) is 4. The van der Waals surface area contributed by atoms with E-state index in [1.807, 2.05) is 12.1 Å². The first kappa shape index (κ1) is 15.7. The molecule has 0 aliphatic rings. The van der Waals surface area contributed by atoms with E-state index in [0.717, 1.165) is 0 Å². The quantitative estimate of drug-likeness (QED) is 0.267. The fraction of sp³-hybridized carbons (Fsp3) is 0. The van der Waals surface area contributed by atoms with E-state index in [1.54, 1.807) is 36.4 Å². The van der Waals surface area contributed by atoms with Gasteiger partial charge in [0.05, 0.1) is 16.5 Å². The highest BCUT2D eigenvalue weighted by atomic mass is 35.5. The Bertz CT molecular complexity index is 1420. The Morgan fingerprint density at radius 1 is 1.04 bits per heavy atom. The third kappa shape index (κ3) is 2.32. The molecular weight excluding hydrogens is 368 g/mol. The highest BCUT2D eigenvalue weighted by molar-refractivity contribution is 6.30. The molecule has 7 nitrogen and oxygen atoms in total. The number of halogens is 1. The molecule has 27 heavy (non-hydrogen) atoms. The fourth-order valence-corrected chi connectivity index (χ4v) is 3.27. The number of rotatable bonds is 2. The third-order valence-corrected chi connectivity index (χ3v) is 4.63. The second kappa shape index (κ2) is 5.72. The largest absolute Gasteiger partial charge is 0.422 e. The second-order valence-corrected chi connectivity index (χ2v) is 6.39. The molecule has 0 fully saturated rings. The summed E-state index contributed by atoms with van der Waals surface area (Å²) in [4.78, 5) is 25.5. The Balaban J connectivity index is 1.89. The van der Waals surface area contributed by atoms with Gasteiger partial charge < -0.3 is 4.42 Å². The van der Waals surface area contributed by atoms with E-state index in [0.29, 0.717) is 27.1 Å². The van der Waals surface area contributed by atoms with Crippen molar-refractivity contribution in [2.24, 2.45) is 0 Å². The second-order valence-electron chi connectivity index (χ2n) is 5.96. The van der Waals surface area contributed by atoms with Gasteiger partial charge in [0.15, 0.2) is 11.4 Å². The van der Waals surface area contributed by atoms with Crippen LogP contribution in [0.2, 0.25) is 5.02 Å². The topological polar surface area (TPSA) is 90.4 Å². The van der Waals surface area contributed by atoms with Gasteiger partial charge in [-0.25, -0.2) is 4.79 Å². The number of carbonyl (C=O) groups excluding carboxylic acids is 1. The minimum absolute atomic E-state index is 0.206. The van der Waals surface area contributed by atoms with Crippen LogP contribution in [0.3, 0.4) is 0 Å². The summed E-state index contributed by atoms with van der Waals surface area (Å²) in [6.07, 6.45) is 0. The maximum absolute atomic E-state index is 13.0. The van der Waals surface area contributed by atoms with Crippen molar-refractivity contribution in [1.82, 2.24) is 20.0 Å². The molecule has 0 aliphatic carbocycles. The first-order valence-electron chi connectivity index (χ1n) is 8.00. The molecule has 0 radical (unpaired) electrons. The summed E-state index contributed by atoms with van der Waals surface area (Å²) in [5, 5.41) is 13.1. The number of carbonyl (C=O) groups is 1. The van der Waals surface area contributed by atoms with Crippen molar-refractivity contribution in [1.29, 1.82) is 0 Å². The van der Waals surface area contributed by atoms with Crippen LogP contribution in [0.15, 0.2) is 63.8 Å². The molecule has 3 heterocycles. The first-order chi connectivity index (χ1) is 13.1. The van der Waals surface area contributed by atoms with Crippen molar-refractivity contribution in [3.8, 4) is 0 Å². The number of para-hydroxylation sites is 1. The van der Waals surface area contributed by atoms with Crippen LogP contribution in [-0.2, 0) is 0 Å². The molecule has 0 spiro atoms. The summed E-state index contributed by atoms with van der Waals surface area (Å²) >= 11 is 5.89. The summed E-state index contributed by atoms with van der Waals surface area (Å²) in [5.74, 6) is -0.319. The Morgan fingerprint density at radius 3 is 2.63 bits per heavy atom. The van der Waals surface area contributed by atoms with Gasteiger partial charge in [0.25, 0.3) is 0 Å². The summed E-state index contributed by atoms with van der Waals surface area (Å²) in [7, 11) is 0. The molecule has 0 amide bonds. The molecule has 0 bridgehead atoms. The van der Waals surface area contributed by atoms with Crippen molar-refractivity contribution < 1.29 is 9.21 Å². The minimum atomic E-state index is -0.564. The first-order valence-corrected chi connectivity index (χ1v) is 8.38. The van der Waals surface area contributed by atoms with Crippen molar-refractivity contribution in [3.63, 3.8) is 0 Å². The normalized spacial score (nSPS) is 11.4. The number of benzene rings is 2. The zero-order chi connectivity index (χ0) is 18.5. The van der Waals surface area contributed by atoms with Gasteiger partial charge in [-0.3, -0.25) is 4.79 Å². The number of fused-ring (bicyclic) bond motifs is 5. The van der Waals surface area contributed by atoms with Crippen LogP contribution in [0.5, 0.6) is 0 Å². The maximum Gasteiger partial charge on any atom is 0.345 e. The molecule has 0 atom stereocenters. The van der Waals surface area contributed by atoms with Crippen LogP contribution in [0.4, 0.5) is 0 Å². The van der Waals surface area contributed by atoms with Gasteiger partial charge in [-0.15, -0.1) is 5.10 Å². The Hall–Kier alpha value is -3.58. The Kier molecular flexibility index (Phi) is 3.32. The molecule has 2 aromatic carbocycles. The maximum atomic E-state index is 13.0. The Morgan fingerprint density at radius 2 is 1.81 bits per heavy atom. The van der Waals surface area contributed by atoms with Crippen molar-refractivity contribution >= 4 is 44.9 Å². The van der Waals surface area contributed by atoms with Gasteiger partial charge >= 0.3 is 5.63 Å². The molecule has 3 aromatic heterocycles. The summed E-state index contributed by atoms with van der Waals surface area (Å²) in [5.41, 5.74) is 1.23. The van der Waals surface area contributed by atoms with E-state index in [-0.39, 0.29) is 22.4 Å². The summed E-state index contributed by atoms with van der Waals surface area (Å²) in [6.45, 7) is 0. The minimum Gasteiger partial charge on any atom is -0.422 e.